The molecule has 0 aliphatic carbocycles. The zero-order valence-corrected chi connectivity index (χ0v) is 16.7. The van der Waals surface area contributed by atoms with E-state index in [0.29, 0.717) is 19.6 Å². The topological polar surface area (TPSA) is 50.8 Å². The summed E-state index contributed by atoms with van der Waals surface area (Å²) in [4.78, 5) is 15.6. The first-order valence-corrected chi connectivity index (χ1v) is 9.11. The number of hydrogen-bond donors (Lipinski definition) is 2. The fraction of sp³-hybridized carbons (Fsp3) is 0.632. The maximum atomic E-state index is 12.5. The highest BCUT2D eigenvalue weighted by Crippen LogP contribution is 2.25. The first-order chi connectivity index (χ1) is 11.6. The average Bonchev–Trinajstić information content (AvgIpc) is 2.48. The molecule has 1 saturated heterocycles. The minimum absolute atomic E-state index is 0.0597. The van der Waals surface area contributed by atoms with Crippen molar-refractivity contribution in [2.24, 2.45) is 0 Å². The van der Waals surface area contributed by atoms with E-state index in [2.05, 4.69) is 36.8 Å². The van der Waals surface area contributed by atoms with E-state index in [4.69, 9.17) is 9.47 Å². The van der Waals surface area contributed by atoms with Gasteiger partial charge in [0.05, 0.1) is 24.8 Å². The third-order valence-electron chi connectivity index (χ3n) is 4.43. The molecule has 2 rings (SSSR count). The van der Waals surface area contributed by atoms with Gasteiger partial charge in [0.15, 0.2) is 0 Å². The Morgan fingerprint density at radius 2 is 1.96 bits per heavy atom. The third kappa shape index (κ3) is 5.90. The number of nitrogens with zero attached hydrogens (tertiary/aromatic N) is 1. The summed E-state index contributed by atoms with van der Waals surface area (Å²) in [5.74, 6) is 0. The number of amides is 1. The molecule has 0 radical (unpaired) electrons. The van der Waals surface area contributed by atoms with Crippen molar-refractivity contribution in [3.05, 3.63) is 29.8 Å². The van der Waals surface area contributed by atoms with Gasteiger partial charge in [0.1, 0.15) is 5.60 Å². The molecular formula is C19H30N2O3S. The quantitative estimate of drug-likeness (QED) is 0.804. The lowest BCUT2D eigenvalue weighted by Gasteiger charge is -2.45. The molecule has 2 atom stereocenters. The lowest BCUT2D eigenvalue weighted by molar-refractivity contribution is -0.0328. The van der Waals surface area contributed by atoms with E-state index in [1.165, 1.54) is 0 Å². The summed E-state index contributed by atoms with van der Waals surface area (Å²) in [5.41, 5.74) is 0.0822. The van der Waals surface area contributed by atoms with Crippen LogP contribution in [-0.4, -0.2) is 55.0 Å². The molecule has 1 aliphatic heterocycles. The van der Waals surface area contributed by atoms with E-state index < -0.39 is 17.2 Å². The highest BCUT2D eigenvalue weighted by atomic mass is 32.1. The molecule has 6 heteroatoms. The maximum absolute atomic E-state index is 12.5. The molecule has 140 valence electrons. The Labute approximate surface area is 156 Å². The molecule has 0 bridgehead atoms. The van der Waals surface area contributed by atoms with Crippen molar-refractivity contribution in [2.75, 3.05) is 26.8 Å². The number of rotatable bonds is 4. The van der Waals surface area contributed by atoms with Crippen molar-refractivity contribution in [1.29, 1.82) is 0 Å². The zero-order valence-electron chi connectivity index (χ0n) is 15.8. The van der Waals surface area contributed by atoms with Gasteiger partial charge in [-0.05, 0) is 58.9 Å². The van der Waals surface area contributed by atoms with E-state index in [1.807, 2.05) is 45.0 Å². The first-order valence-electron chi connectivity index (χ1n) is 8.66. The second-order valence-electron chi connectivity index (χ2n) is 7.96. The molecule has 0 spiro atoms. The van der Waals surface area contributed by atoms with Gasteiger partial charge < -0.3 is 14.8 Å². The Morgan fingerprint density at radius 1 is 1.32 bits per heavy atom. The second-order valence-corrected chi connectivity index (χ2v) is 8.48. The number of carbonyl (C=O) groups is 1. The zero-order chi connectivity index (χ0) is 18.7. The lowest BCUT2D eigenvalue weighted by Crippen LogP contribution is -2.65. The maximum Gasteiger partial charge on any atom is 0.408 e. The van der Waals surface area contributed by atoms with Gasteiger partial charge in [-0.25, -0.2) is 4.79 Å². The van der Waals surface area contributed by atoms with Crippen LogP contribution in [0, 0.1) is 0 Å². The number of thiol groups is 1. The van der Waals surface area contributed by atoms with Crippen LogP contribution in [0.15, 0.2) is 29.2 Å². The fourth-order valence-corrected chi connectivity index (χ4v) is 3.33. The monoisotopic (exact) mass is 366 g/mol. The van der Waals surface area contributed by atoms with E-state index in [1.54, 1.807) is 0 Å². The Balaban J connectivity index is 2.23. The minimum atomic E-state index is -0.534. The molecule has 1 aliphatic rings. The Bertz CT molecular complexity index is 585. The number of carbonyl (C=O) groups excluding carboxylic acids is 1. The van der Waals surface area contributed by atoms with Crippen molar-refractivity contribution < 1.29 is 14.3 Å². The molecule has 1 N–H and O–H groups in total. The van der Waals surface area contributed by atoms with Crippen molar-refractivity contribution >= 4 is 18.7 Å². The Kier molecular flexibility index (Phi) is 6.40. The standard InChI is InChI=1S/C19H30N2O3S/c1-18(2,3)24-17(22)20-19(4,16-13-23-11-10-21(16)5)12-14-6-8-15(25)9-7-14/h6-9,16,25H,10-13H2,1-5H3,(H,20,22). The largest absolute Gasteiger partial charge is 0.444 e. The van der Waals surface area contributed by atoms with Crippen LogP contribution in [-0.2, 0) is 15.9 Å². The Morgan fingerprint density at radius 3 is 2.52 bits per heavy atom. The van der Waals surface area contributed by atoms with Crippen molar-refractivity contribution in [2.45, 2.75) is 56.2 Å². The summed E-state index contributed by atoms with van der Waals surface area (Å²) in [6.45, 7) is 9.78. The SMILES string of the molecule is CN1CCOCC1C(C)(Cc1ccc(S)cc1)NC(=O)OC(C)(C)C. The molecule has 5 nitrogen and oxygen atoms in total. The van der Waals surface area contributed by atoms with Gasteiger partial charge in [-0.2, -0.15) is 0 Å². The fourth-order valence-electron chi connectivity index (χ4n) is 3.18. The van der Waals surface area contributed by atoms with Crippen molar-refractivity contribution in [1.82, 2.24) is 10.2 Å². The van der Waals surface area contributed by atoms with Gasteiger partial charge in [-0.1, -0.05) is 12.1 Å². The number of hydrogen-bond acceptors (Lipinski definition) is 5. The molecule has 0 saturated carbocycles. The van der Waals surface area contributed by atoms with Crippen LogP contribution in [0.2, 0.25) is 0 Å². The summed E-state index contributed by atoms with van der Waals surface area (Å²) in [7, 11) is 2.07. The van der Waals surface area contributed by atoms with Gasteiger partial charge in [0, 0.05) is 11.4 Å². The van der Waals surface area contributed by atoms with E-state index >= 15 is 0 Å². The summed E-state index contributed by atoms with van der Waals surface area (Å²) < 4.78 is 11.2. The molecular weight excluding hydrogens is 336 g/mol. The molecule has 1 aromatic carbocycles. The number of morpholine rings is 1. The molecule has 1 amide bonds. The van der Waals surface area contributed by atoms with Crippen LogP contribution in [0.3, 0.4) is 0 Å². The first kappa shape index (κ1) is 20.1. The number of alkyl carbamates (subject to hydrolysis) is 1. The lowest BCUT2D eigenvalue weighted by atomic mass is 9.84. The summed E-state index contributed by atoms with van der Waals surface area (Å²) in [6, 6.07) is 8.08. The number of nitrogens with one attached hydrogen (secondary N) is 1. The van der Waals surface area contributed by atoms with Gasteiger partial charge in [0.2, 0.25) is 0 Å². The van der Waals surface area contributed by atoms with E-state index in [-0.39, 0.29) is 6.04 Å². The summed E-state index contributed by atoms with van der Waals surface area (Å²) >= 11 is 4.34. The number of likely N-dealkylation sites (N-methyl/N-ethyl adjacent to an activating group) is 1. The van der Waals surface area contributed by atoms with Crippen LogP contribution in [0.5, 0.6) is 0 Å². The molecule has 1 heterocycles. The third-order valence-corrected chi connectivity index (χ3v) is 4.72. The van der Waals surface area contributed by atoms with Crippen molar-refractivity contribution in [3.8, 4) is 0 Å². The van der Waals surface area contributed by atoms with Crippen LogP contribution in [0.1, 0.15) is 33.3 Å². The van der Waals surface area contributed by atoms with Crippen LogP contribution < -0.4 is 5.32 Å². The molecule has 25 heavy (non-hydrogen) atoms. The smallest absolute Gasteiger partial charge is 0.408 e. The van der Waals surface area contributed by atoms with Crippen LogP contribution in [0.25, 0.3) is 0 Å². The molecule has 1 aromatic rings. The predicted molar refractivity (Wildman–Crippen MR) is 102 cm³/mol. The summed E-state index contributed by atoms with van der Waals surface area (Å²) in [6.07, 6.45) is 0.276. The average molecular weight is 367 g/mol. The second kappa shape index (κ2) is 7.98. The highest BCUT2D eigenvalue weighted by Gasteiger charge is 2.41. The van der Waals surface area contributed by atoms with Gasteiger partial charge in [0.25, 0.3) is 0 Å². The van der Waals surface area contributed by atoms with E-state index in [0.717, 1.165) is 17.0 Å². The van der Waals surface area contributed by atoms with Crippen molar-refractivity contribution in [3.63, 3.8) is 0 Å². The van der Waals surface area contributed by atoms with Crippen LogP contribution >= 0.6 is 12.6 Å². The predicted octanol–water partition coefficient (Wildman–Crippen LogP) is 3.13. The van der Waals surface area contributed by atoms with Crippen LogP contribution in [0.4, 0.5) is 4.79 Å². The molecule has 2 unspecified atom stereocenters. The molecule has 0 aromatic heterocycles. The highest BCUT2D eigenvalue weighted by molar-refractivity contribution is 7.80. The minimum Gasteiger partial charge on any atom is -0.444 e. The number of benzene rings is 1. The van der Waals surface area contributed by atoms with Gasteiger partial charge in [-0.15, -0.1) is 12.6 Å². The summed E-state index contributed by atoms with van der Waals surface area (Å²) in [5, 5.41) is 3.11. The molecule has 1 fully saturated rings. The van der Waals surface area contributed by atoms with Gasteiger partial charge >= 0.3 is 6.09 Å². The number of ether oxygens (including phenoxy) is 2. The Hall–Kier alpha value is -1.24. The normalized spacial score (nSPS) is 21.4. The van der Waals surface area contributed by atoms with E-state index in [9.17, 15) is 4.79 Å². The van der Waals surface area contributed by atoms with Gasteiger partial charge in [-0.3, -0.25) is 4.90 Å².